The fraction of sp³-hybridized carbons (Fsp3) is 0.297. The van der Waals surface area contributed by atoms with Gasteiger partial charge in [0.25, 0.3) is 5.91 Å². The van der Waals surface area contributed by atoms with E-state index in [1.54, 1.807) is 23.1 Å². The Labute approximate surface area is 260 Å². The van der Waals surface area contributed by atoms with Crippen LogP contribution in [0.15, 0.2) is 103 Å². The second-order valence-corrected chi connectivity index (χ2v) is 11.8. The van der Waals surface area contributed by atoms with Gasteiger partial charge in [0.15, 0.2) is 0 Å². The van der Waals surface area contributed by atoms with Crippen LogP contribution in [-0.2, 0) is 17.8 Å². The van der Waals surface area contributed by atoms with E-state index < -0.39 is 0 Å². The number of ether oxygens (including phenoxy) is 1. The fourth-order valence-corrected chi connectivity index (χ4v) is 5.62. The Hall–Kier alpha value is -4.46. The summed E-state index contributed by atoms with van der Waals surface area (Å²) in [5.41, 5.74) is 5.39. The van der Waals surface area contributed by atoms with Gasteiger partial charge in [-0.2, -0.15) is 0 Å². The van der Waals surface area contributed by atoms with Crippen LogP contribution in [0.5, 0.6) is 5.75 Å². The minimum Gasteiger partial charge on any atom is -0.488 e. The molecule has 2 N–H and O–H groups in total. The lowest BCUT2D eigenvalue weighted by molar-refractivity contribution is -0.115. The molecule has 44 heavy (non-hydrogen) atoms. The first-order valence-corrected chi connectivity index (χ1v) is 15.2. The van der Waals surface area contributed by atoms with Gasteiger partial charge >= 0.3 is 0 Å². The second kappa shape index (κ2) is 14.3. The van der Waals surface area contributed by atoms with Gasteiger partial charge in [-0.3, -0.25) is 14.5 Å². The average molecular weight is 592 g/mol. The van der Waals surface area contributed by atoms with E-state index in [0.717, 1.165) is 12.1 Å². The second-order valence-electron chi connectivity index (χ2n) is 11.8. The number of anilines is 1. The number of likely N-dealkylation sites (N-methyl/N-ethyl adjacent to an activating group) is 1. The van der Waals surface area contributed by atoms with E-state index in [-0.39, 0.29) is 42.9 Å². The number of aliphatic hydroxyl groups excluding tert-OH is 1. The van der Waals surface area contributed by atoms with Crippen molar-refractivity contribution in [2.24, 2.45) is 5.92 Å². The molecule has 2 amide bonds. The highest BCUT2D eigenvalue weighted by molar-refractivity contribution is 6.00. The third kappa shape index (κ3) is 7.73. The van der Waals surface area contributed by atoms with Crippen molar-refractivity contribution in [3.63, 3.8) is 0 Å². The number of fused-ring (bicyclic) bond motifs is 1. The van der Waals surface area contributed by atoms with Crippen molar-refractivity contribution in [2.75, 3.05) is 32.1 Å². The van der Waals surface area contributed by atoms with Crippen LogP contribution in [0.25, 0.3) is 11.1 Å². The molecule has 7 nitrogen and oxygen atoms in total. The number of hydrogen-bond acceptors (Lipinski definition) is 5. The van der Waals surface area contributed by atoms with Gasteiger partial charge in [-0.05, 0) is 54.4 Å². The highest BCUT2D eigenvalue weighted by Crippen LogP contribution is 2.31. The summed E-state index contributed by atoms with van der Waals surface area (Å²) < 4.78 is 6.56. The number of carbonyl (C=O) groups is 2. The van der Waals surface area contributed by atoms with E-state index in [1.165, 1.54) is 16.7 Å². The molecule has 0 unspecified atom stereocenters. The van der Waals surface area contributed by atoms with Crippen molar-refractivity contribution in [1.29, 1.82) is 0 Å². The van der Waals surface area contributed by atoms with Gasteiger partial charge in [-0.1, -0.05) is 91.9 Å². The molecule has 4 aromatic carbocycles. The molecule has 5 rings (SSSR count). The number of nitrogens with zero attached hydrogens (tertiary/aromatic N) is 2. The van der Waals surface area contributed by atoms with E-state index in [1.807, 2.05) is 55.5 Å². The maximum atomic E-state index is 13.8. The first-order valence-electron chi connectivity index (χ1n) is 15.2. The molecule has 0 aliphatic carbocycles. The van der Waals surface area contributed by atoms with E-state index in [2.05, 4.69) is 60.6 Å². The van der Waals surface area contributed by atoms with Crippen LogP contribution in [0.3, 0.4) is 0 Å². The van der Waals surface area contributed by atoms with Gasteiger partial charge in [-0.15, -0.1) is 0 Å². The van der Waals surface area contributed by atoms with Gasteiger partial charge in [0.05, 0.1) is 24.6 Å². The Morgan fingerprint density at radius 1 is 0.955 bits per heavy atom. The maximum Gasteiger partial charge on any atom is 0.258 e. The molecule has 7 heteroatoms. The molecule has 0 aromatic heterocycles. The summed E-state index contributed by atoms with van der Waals surface area (Å²) in [6.45, 7) is 5.61. The number of rotatable bonds is 10. The first kappa shape index (κ1) is 31.0. The quantitative estimate of drug-likeness (QED) is 0.241. The lowest BCUT2D eigenvalue weighted by Gasteiger charge is -2.38. The molecule has 1 aliphatic heterocycles. The molecule has 3 atom stereocenters. The molecule has 4 aromatic rings. The zero-order valence-corrected chi connectivity index (χ0v) is 25.6. The van der Waals surface area contributed by atoms with Crippen molar-refractivity contribution in [3.8, 4) is 16.9 Å². The van der Waals surface area contributed by atoms with Crippen molar-refractivity contribution >= 4 is 17.5 Å². The zero-order chi connectivity index (χ0) is 31.1. The average Bonchev–Trinajstić information content (AvgIpc) is 3.04. The molecular weight excluding hydrogens is 550 g/mol. The number of carbonyl (C=O) groups excluding carboxylic acids is 2. The van der Waals surface area contributed by atoms with Crippen molar-refractivity contribution in [2.45, 2.75) is 39.0 Å². The highest BCUT2D eigenvalue weighted by Gasteiger charge is 2.33. The number of nitrogens with one attached hydrogen (secondary N) is 1. The summed E-state index contributed by atoms with van der Waals surface area (Å²) in [6.07, 6.45) is 0.0269. The smallest absolute Gasteiger partial charge is 0.258 e. The summed E-state index contributed by atoms with van der Waals surface area (Å²) >= 11 is 0. The Kier molecular flexibility index (Phi) is 10.1. The summed E-state index contributed by atoms with van der Waals surface area (Å²) in [5.74, 6) is 0.0938. The van der Waals surface area contributed by atoms with Crippen LogP contribution in [0.4, 0.5) is 5.69 Å². The van der Waals surface area contributed by atoms with Gasteiger partial charge in [-0.25, -0.2) is 0 Å². The predicted octanol–water partition coefficient (Wildman–Crippen LogP) is 5.89. The lowest BCUT2D eigenvalue weighted by Crippen LogP contribution is -2.49. The number of hydrogen-bond donors (Lipinski definition) is 2. The predicted molar refractivity (Wildman–Crippen MR) is 175 cm³/mol. The van der Waals surface area contributed by atoms with E-state index in [0.29, 0.717) is 30.1 Å². The molecule has 1 heterocycles. The molecule has 0 saturated carbocycles. The molecule has 0 bridgehead atoms. The van der Waals surface area contributed by atoms with Crippen LogP contribution < -0.4 is 10.1 Å². The molecular formula is C37H41N3O4. The van der Waals surface area contributed by atoms with Crippen LogP contribution in [-0.4, -0.2) is 65.6 Å². The SMILES string of the molecule is C[C@H](CO)N1C[C@H](C)[C@H](CN(C)Cc2ccc(-c3ccccc3)cc2)Oc2ccc(NC(=O)Cc3ccccc3)cc2C1=O. The normalized spacial score (nSPS) is 17.3. The number of benzene rings is 4. The lowest BCUT2D eigenvalue weighted by atomic mass is 9.99. The van der Waals surface area contributed by atoms with Crippen LogP contribution in [0.2, 0.25) is 0 Å². The van der Waals surface area contributed by atoms with Crippen molar-refractivity contribution in [3.05, 3.63) is 120 Å². The van der Waals surface area contributed by atoms with E-state index in [9.17, 15) is 14.7 Å². The molecule has 228 valence electrons. The number of amides is 2. The Bertz CT molecular complexity index is 1540. The number of aliphatic hydroxyl groups is 1. The molecule has 0 saturated heterocycles. The monoisotopic (exact) mass is 591 g/mol. The topological polar surface area (TPSA) is 82.1 Å². The Balaban J connectivity index is 1.32. The molecule has 1 aliphatic rings. The van der Waals surface area contributed by atoms with Crippen LogP contribution in [0, 0.1) is 5.92 Å². The summed E-state index contributed by atoms with van der Waals surface area (Å²) in [5, 5.41) is 12.9. The van der Waals surface area contributed by atoms with E-state index in [4.69, 9.17) is 4.74 Å². The van der Waals surface area contributed by atoms with Gasteiger partial charge in [0, 0.05) is 31.2 Å². The summed E-state index contributed by atoms with van der Waals surface area (Å²) in [6, 6.07) is 33.3. The fourth-order valence-electron chi connectivity index (χ4n) is 5.62. The third-order valence-electron chi connectivity index (χ3n) is 8.16. The van der Waals surface area contributed by atoms with Gasteiger partial charge < -0.3 is 20.1 Å². The minimum atomic E-state index is -0.367. The minimum absolute atomic E-state index is 0.00857. The zero-order valence-electron chi connectivity index (χ0n) is 25.6. The maximum absolute atomic E-state index is 13.8. The molecule has 0 fully saturated rings. The summed E-state index contributed by atoms with van der Waals surface area (Å²) in [4.78, 5) is 30.5. The third-order valence-corrected chi connectivity index (χ3v) is 8.16. The van der Waals surface area contributed by atoms with Crippen LogP contribution in [0.1, 0.15) is 35.3 Å². The van der Waals surface area contributed by atoms with Crippen molar-refractivity contribution in [1.82, 2.24) is 9.80 Å². The molecule has 0 radical (unpaired) electrons. The Morgan fingerprint density at radius 3 is 2.30 bits per heavy atom. The van der Waals surface area contributed by atoms with Crippen LogP contribution >= 0.6 is 0 Å². The van der Waals surface area contributed by atoms with Gasteiger partial charge in [0.2, 0.25) is 5.91 Å². The van der Waals surface area contributed by atoms with E-state index >= 15 is 0 Å². The van der Waals surface area contributed by atoms with Gasteiger partial charge in [0.1, 0.15) is 11.9 Å². The highest BCUT2D eigenvalue weighted by atomic mass is 16.5. The first-order chi connectivity index (χ1) is 21.3. The standard InChI is InChI=1S/C37H41N3O4/c1-26-22-40(27(2)25-41)37(43)33-21-32(38-36(42)20-28-10-6-4-7-11-28)18-19-34(33)44-35(26)24-39(3)23-29-14-16-31(17-15-29)30-12-8-5-9-13-30/h4-19,21,26-27,35,41H,20,22-25H2,1-3H3,(H,38,42)/t26-,27+,35-/m0/s1. The Morgan fingerprint density at radius 2 is 1.61 bits per heavy atom. The summed E-state index contributed by atoms with van der Waals surface area (Å²) in [7, 11) is 2.07. The molecule has 0 spiro atoms. The van der Waals surface area contributed by atoms with Crippen molar-refractivity contribution < 1.29 is 19.4 Å². The largest absolute Gasteiger partial charge is 0.488 e.